The third-order valence-corrected chi connectivity index (χ3v) is 11.7. The maximum atomic E-state index is 6.70. The standard InChI is InChI=1S/C51H32N2OS/c1-3-12-33(13-4-1)34-22-24-39(25-23-34)53(47-29-38(28-37-17-8-10-20-43(37)47)42-21-11-18-35-14-7-9-19-41(35)42)40-26-27-44-45-31-46-50(32-49(45)54-48(44)30-40)55-51(52-46)36-15-5-2-6-16-36/h1-32H. The smallest absolute Gasteiger partial charge is 0.137 e. The van der Waals surface area contributed by atoms with Crippen LogP contribution < -0.4 is 4.90 Å². The van der Waals surface area contributed by atoms with Crippen LogP contribution in [0.15, 0.2) is 199 Å². The van der Waals surface area contributed by atoms with Crippen molar-refractivity contribution in [3.8, 4) is 32.8 Å². The lowest BCUT2D eigenvalue weighted by atomic mass is 9.94. The molecule has 2 aromatic heterocycles. The van der Waals surface area contributed by atoms with Crippen LogP contribution in [-0.4, -0.2) is 4.98 Å². The first-order chi connectivity index (χ1) is 27.2. The van der Waals surface area contributed by atoms with Crippen molar-refractivity contribution in [2.45, 2.75) is 0 Å². The van der Waals surface area contributed by atoms with Crippen LogP contribution in [0.3, 0.4) is 0 Å². The third kappa shape index (κ3) is 5.46. The Morgan fingerprint density at radius 3 is 1.89 bits per heavy atom. The van der Waals surface area contributed by atoms with E-state index in [1.165, 1.54) is 43.8 Å². The Hall–Kier alpha value is -7.01. The number of aromatic nitrogens is 1. The predicted octanol–water partition coefficient (Wildman–Crippen LogP) is 15.0. The van der Waals surface area contributed by atoms with Crippen LogP contribution in [-0.2, 0) is 0 Å². The fourth-order valence-corrected chi connectivity index (χ4v) is 8.98. The van der Waals surface area contributed by atoms with Crippen molar-refractivity contribution in [3.63, 3.8) is 0 Å². The van der Waals surface area contributed by atoms with Gasteiger partial charge in [0.05, 0.1) is 15.9 Å². The Morgan fingerprint density at radius 1 is 0.418 bits per heavy atom. The Bertz CT molecular complexity index is 3190. The molecule has 0 N–H and O–H groups in total. The van der Waals surface area contributed by atoms with E-state index in [1.54, 1.807) is 11.3 Å². The second-order valence-electron chi connectivity index (χ2n) is 14.0. The molecule has 0 unspecified atom stereocenters. The molecule has 258 valence electrons. The molecule has 0 saturated heterocycles. The topological polar surface area (TPSA) is 29.3 Å². The summed E-state index contributed by atoms with van der Waals surface area (Å²) in [7, 11) is 0. The zero-order valence-corrected chi connectivity index (χ0v) is 30.5. The van der Waals surface area contributed by atoms with Crippen LogP contribution in [0, 0.1) is 0 Å². The van der Waals surface area contributed by atoms with E-state index < -0.39 is 0 Å². The lowest BCUT2D eigenvalue weighted by Crippen LogP contribution is -2.10. The number of benzene rings is 9. The zero-order chi connectivity index (χ0) is 36.3. The molecule has 55 heavy (non-hydrogen) atoms. The maximum Gasteiger partial charge on any atom is 0.137 e. The largest absolute Gasteiger partial charge is 0.456 e. The third-order valence-electron chi connectivity index (χ3n) is 10.7. The first kappa shape index (κ1) is 31.5. The Kier molecular flexibility index (Phi) is 7.35. The molecular formula is C51H32N2OS. The molecule has 11 aromatic rings. The van der Waals surface area contributed by atoms with E-state index in [4.69, 9.17) is 9.40 Å². The van der Waals surface area contributed by atoms with E-state index in [-0.39, 0.29) is 0 Å². The lowest BCUT2D eigenvalue weighted by Gasteiger charge is -2.28. The molecule has 0 saturated carbocycles. The normalized spacial score (nSPS) is 11.6. The van der Waals surface area contributed by atoms with Crippen molar-refractivity contribution in [1.29, 1.82) is 0 Å². The van der Waals surface area contributed by atoms with Crippen LogP contribution in [0.5, 0.6) is 0 Å². The number of rotatable bonds is 6. The second-order valence-corrected chi connectivity index (χ2v) is 15.0. The molecule has 9 aromatic carbocycles. The number of hydrogen-bond donors (Lipinski definition) is 0. The van der Waals surface area contributed by atoms with Crippen molar-refractivity contribution in [3.05, 3.63) is 194 Å². The van der Waals surface area contributed by atoms with Crippen molar-refractivity contribution >= 4 is 82.1 Å². The summed E-state index contributed by atoms with van der Waals surface area (Å²) in [5.41, 5.74) is 11.8. The highest BCUT2D eigenvalue weighted by molar-refractivity contribution is 7.21. The van der Waals surface area contributed by atoms with Gasteiger partial charge in [-0.05, 0) is 80.9 Å². The van der Waals surface area contributed by atoms with E-state index in [9.17, 15) is 0 Å². The molecule has 0 radical (unpaired) electrons. The molecule has 0 fully saturated rings. The van der Waals surface area contributed by atoms with Gasteiger partial charge in [-0.3, -0.25) is 0 Å². The summed E-state index contributed by atoms with van der Waals surface area (Å²) < 4.78 is 7.81. The van der Waals surface area contributed by atoms with E-state index in [1.807, 2.05) is 6.07 Å². The molecule has 0 aliphatic heterocycles. The molecule has 0 aliphatic carbocycles. The monoisotopic (exact) mass is 720 g/mol. The van der Waals surface area contributed by atoms with Gasteiger partial charge in [-0.15, -0.1) is 11.3 Å². The molecule has 0 atom stereocenters. The van der Waals surface area contributed by atoms with E-state index in [2.05, 4.69) is 193 Å². The quantitative estimate of drug-likeness (QED) is 0.171. The summed E-state index contributed by atoms with van der Waals surface area (Å²) in [4.78, 5) is 7.40. The number of thiazole rings is 1. The predicted molar refractivity (Wildman–Crippen MR) is 233 cm³/mol. The molecule has 3 nitrogen and oxygen atoms in total. The fraction of sp³-hybridized carbons (Fsp3) is 0. The van der Waals surface area contributed by atoms with Crippen LogP contribution in [0.1, 0.15) is 0 Å². The minimum Gasteiger partial charge on any atom is -0.456 e. The Morgan fingerprint density at radius 2 is 1.07 bits per heavy atom. The van der Waals surface area contributed by atoms with Gasteiger partial charge in [0.1, 0.15) is 16.2 Å². The molecule has 0 spiro atoms. The number of nitrogens with zero attached hydrogens (tertiary/aromatic N) is 2. The first-order valence-corrected chi connectivity index (χ1v) is 19.3. The summed E-state index contributed by atoms with van der Waals surface area (Å²) >= 11 is 1.70. The van der Waals surface area contributed by atoms with Gasteiger partial charge in [0, 0.05) is 45.2 Å². The van der Waals surface area contributed by atoms with E-state index >= 15 is 0 Å². The van der Waals surface area contributed by atoms with Gasteiger partial charge in [0.15, 0.2) is 0 Å². The summed E-state index contributed by atoms with van der Waals surface area (Å²) in [6, 6.07) is 69.4. The minimum atomic E-state index is 0.842. The van der Waals surface area contributed by atoms with Gasteiger partial charge in [-0.2, -0.15) is 0 Å². The molecule has 0 bridgehead atoms. The van der Waals surface area contributed by atoms with Crippen LogP contribution >= 0.6 is 11.3 Å². The second kappa shape index (κ2) is 12.8. The van der Waals surface area contributed by atoms with Crippen LogP contribution in [0.4, 0.5) is 17.1 Å². The summed E-state index contributed by atoms with van der Waals surface area (Å²) in [5.74, 6) is 0. The number of anilines is 3. The van der Waals surface area contributed by atoms with Crippen molar-refractivity contribution in [2.24, 2.45) is 0 Å². The van der Waals surface area contributed by atoms with Crippen molar-refractivity contribution in [2.75, 3.05) is 4.90 Å². The Balaban J connectivity index is 1.11. The summed E-state index contributed by atoms with van der Waals surface area (Å²) in [6.45, 7) is 0. The summed E-state index contributed by atoms with van der Waals surface area (Å²) in [6.07, 6.45) is 0. The maximum absolute atomic E-state index is 6.70. The van der Waals surface area contributed by atoms with Gasteiger partial charge in [-0.25, -0.2) is 4.98 Å². The first-order valence-electron chi connectivity index (χ1n) is 18.5. The van der Waals surface area contributed by atoms with Gasteiger partial charge >= 0.3 is 0 Å². The van der Waals surface area contributed by atoms with E-state index in [0.717, 1.165) is 59.8 Å². The van der Waals surface area contributed by atoms with Gasteiger partial charge in [-0.1, -0.05) is 140 Å². The van der Waals surface area contributed by atoms with Crippen molar-refractivity contribution < 1.29 is 4.42 Å². The SMILES string of the molecule is c1ccc(-c2ccc(N(c3ccc4c(c3)oc3cc5sc(-c6ccccc6)nc5cc34)c3cc(-c4cccc5ccccc45)cc4ccccc34)cc2)cc1. The highest BCUT2D eigenvalue weighted by Crippen LogP contribution is 2.45. The van der Waals surface area contributed by atoms with Gasteiger partial charge in [0.25, 0.3) is 0 Å². The molecule has 2 heterocycles. The number of hydrogen-bond acceptors (Lipinski definition) is 4. The fourth-order valence-electron chi connectivity index (χ4n) is 8.00. The summed E-state index contributed by atoms with van der Waals surface area (Å²) in [5, 5.41) is 7.97. The average molecular weight is 721 g/mol. The molecule has 11 rings (SSSR count). The van der Waals surface area contributed by atoms with E-state index in [0.29, 0.717) is 0 Å². The highest BCUT2D eigenvalue weighted by Gasteiger charge is 2.20. The molecule has 4 heteroatoms. The number of furan rings is 1. The Labute approximate surface area is 322 Å². The average Bonchev–Trinajstić information content (AvgIpc) is 3.83. The van der Waals surface area contributed by atoms with Gasteiger partial charge in [0.2, 0.25) is 0 Å². The van der Waals surface area contributed by atoms with Crippen LogP contribution in [0.25, 0.3) is 86.5 Å². The highest BCUT2D eigenvalue weighted by atomic mass is 32.1. The minimum absolute atomic E-state index is 0.842. The van der Waals surface area contributed by atoms with Gasteiger partial charge < -0.3 is 9.32 Å². The van der Waals surface area contributed by atoms with Crippen molar-refractivity contribution in [1.82, 2.24) is 4.98 Å². The zero-order valence-electron chi connectivity index (χ0n) is 29.7. The lowest BCUT2D eigenvalue weighted by molar-refractivity contribution is 0.669. The molecule has 0 amide bonds. The number of fused-ring (bicyclic) bond motifs is 6. The molecule has 0 aliphatic rings. The van der Waals surface area contributed by atoms with Crippen LogP contribution in [0.2, 0.25) is 0 Å². The molecular weight excluding hydrogens is 689 g/mol.